The van der Waals surface area contributed by atoms with E-state index in [0.29, 0.717) is 47.7 Å². The summed E-state index contributed by atoms with van der Waals surface area (Å²) in [7, 11) is 2.12. The van der Waals surface area contributed by atoms with Crippen LogP contribution in [0.25, 0.3) is 11.0 Å². The molecule has 5 rings (SSSR count). The molecule has 14 heteroatoms. The van der Waals surface area contributed by atoms with E-state index < -0.39 is 11.5 Å². The molecule has 6 N–H and O–H groups in total. The number of aromatic amines is 1. The molecule has 44 heavy (non-hydrogen) atoms. The fraction of sp³-hybridized carbons (Fsp3) is 0.300. The van der Waals surface area contributed by atoms with Gasteiger partial charge in [-0.25, -0.2) is 4.98 Å². The van der Waals surface area contributed by atoms with Crippen molar-refractivity contribution in [3.05, 3.63) is 86.8 Å². The van der Waals surface area contributed by atoms with Crippen molar-refractivity contribution in [3.63, 3.8) is 0 Å². The van der Waals surface area contributed by atoms with Crippen molar-refractivity contribution in [2.75, 3.05) is 69.2 Å². The van der Waals surface area contributed by atoms with E-state index in [1.807, 2.05) is 24.3 Å². The van der Waals surface area contributed by atoms with Gasteiger partial charge in [-0.3, -0.25) is 19.3 Å². The average molecular weight is 641 g/mol. The number of para-hydroxylation sites is 1. The minimum atomic E-state index is -0.684. The zero-order valence-corrected chi connectivity index (χ0v) is 25.8. The first-order valence-electron chi connectivity index (χ1n) is 14.0. The molecule has 232 valence electrons. The summed E-state index contributed by atoms with van der Waals surface area (Å²) in [5.41, 5.74) is 7.62. The number of nitrogen functional groups attached to an aromatic ring is 1. The molecule has 1 aliphatic rings. The molecule has 1 fully saturated rings. The molecular formula is C30H35Cl2N9O3. The number of aromatic nitrogens is 3. The van der Waals surface area contributed by atoms with Crippen LogP contribution in [-0.2, 0) is 6.42 Å². The van der Waals surface area contributed by atoms with Gasteiger partial charge in [-0.15, -0.1) is 12.4 Å². The number of likely N-dealkylation sites (N-methyl/N-ethyl adjacent to an activating group) is 1. The number of fused-ring (bicyclic) bond motifs is 1. The normalized spacial score (nSPS) is 13.7. The van der Waals surface area contributed by atoms with E-state index >= 15 is 0 Å². The van der Waals surface area contributed by atoms with Crippen LogP contribution in [0.3, 0.4) is 0 Å². The summed E-state index contributed by atoms with van der Waals surface area (Å²) in [4.78, 5) is 54.7. The molecule has 3 heterocycles. The Hall–Kier alpha value is -4.23. The highest BCUT2D eigenvalue weighted by atomic mass is 35.5. The van der Waals surface area contributed by atoms with Crippen LogP contribution in [0.1, 0.15) is 26.3 Å². The number of hydrogen-bond donors (Lipinski definition) is 5. The second-order valence-corrected chi connectivity index (χ2v) is 10.8. The van der Waals surface area contributed by atoms with E-state index in [1.54, 1.807) is 12.3 Å². The van der Waals surface area contributed by atoms with Crippen molar-refractivity contribution in [1.82, 2.24) is 30.1 Å². The van der Waals surface area contributed by atoms with E-state index in [0.717, 1.165) is 38.3 Å². The van der Waals surface area contributed by atoms with Crippen molar-refractivity contribution < 1.29 is 9.59 Å². The van der Waals surface area contributed by atoms with Gasteiger partial charge in [0.2, 0.25) is 5.95 Å². The molecule has 0 unspecified atom stereocenters. The SMILES string of the molecule is CN1CCN(CCNc2ncc3cc(C(=O)Nc4cc(C(=O)NCCc5ccccc5N)ccc4Cl)c(=O)[nH]c3n2)CC1.Cl. The molecule has 0 spiro atoms. The van der Waals surface area contributed by atoms with Gasteiger partial charge in [0.05, 0.1) is 10.7 Å². The molecular weight excluding hydrogens is 605 g/mol. The smallest absolute Gasteiger partial charge is 0.262 e. The third kappa shape index (κ3) is 8.23. The fourth-order valence-corrected chi connectivity index (χ4v) is 4.94. The van der Waals surface area contributed by atoms with Gasteiger partial charge in [-0.05, 0) is 49.4 Å². The van der Waals surface area contributed by atoms with Gasteiger partial charge in [-0.2, -0.15) is 4.98 Å². The predicted molar refractivity (Wildman–Crippen MR) is 176 cm³/mol. The van der Waals surface area contributed by atoms with Crippen molar-refractivity contribution in [2.24, 2.45) is 0 Å². The van der Waals surface area contributed by atoms with Gasteiger partial charge in [0.1, 0.15) is 11.2 Å². The maximum absolute atomic E-state index is 13.1. The van der Waals surface area contributed by atoms with Crippen molar-refractivity contribution in [3.8, 4) is 0 Å². The summed E-state index contributed by atoms with van der Waals surface area (Å²) in [6.07, 6.45) is 2.12. The minimum absolute atomic E-state index is 0. The first kappa shape index (κ1) is 32.7. The number of piperazine rings is 1. The molecule has 12 nitrogen and oxygen atoms in total. The number of rotatable bonds is 10. The highest BCUT2D eigenvalue weighted by molar-refractivity contribution is 6.34. The predicted octanol–water partition coefficient (Wildman–Crippen LogP) is 2.86. The van der Waals surface area contributed by atoms with E-state index in [2.05, 4.69) is 47.7 Å². The Morgan fingerprint density at radius 3 is 2.59 bits per heavy atom. The molecule has 2 amide bonds. The summed E-state index contributed by atoms with van der Waals surface area (Å²) >= 11 is 6.31. The summed E-state index contributed by atoms with van der Waals surface area (Å²) in [5, 5.41) is 9.39. The standard InChI is InChI=1S/C30H34ClN9O3.ClH/c1-39-12-14-40(15-13-39)11-10-34-30-35-18-21-16-22(29(43)37-26(21)38-30)28(42)36-25-17-20(6-7-23(25)31)27(41)33-9-8-19-4-2-3-5-24(19)32;/h2-7,16-18H,8-15,32H2,1H3,(H,33,41)(H,36,42)(H2,34,35,37,38,43);1H. The second-order valence-electron chi connectivity index (χ2n) is 10.4. The zero-order chi connectivity index (χ0) is 30.3. The third-order valence-corrected chi connectivity index (χ3v) is 7.69. The van der Waals surface area contributed by atoms with Crippen molar-refractivity contribution in [1.29, 1.82) is 0 Å². The first-order valence-corrected chi connectivity index (χ1v) is 14.4. The molecule has 0 atom stereocenters. The van der Waals surface area contributed by atoms with E-state index in [9.17, 15) is 14.4 Å². The number of H-pyrrole nitrogens is 1. The van der Waals surface area contributed by atoms with Crippen LogP contribution in [0.5, 0.6) is 0 Å². The summed E-state index contributed by atoms with van der Waals surface area (Å²) in [5.74, 6) is -0.629. The Kier molecular flexibility index (Phi) is 11.1. The van der Waals surface area contributed by atoms with Gasteiger partial charge in [-0.1, -0.05) is 29.8 Å². The first-order chi connectivity index (χ1) is 20.8. The maximum Gasteiger partial charge on any atom is 0.262 e. The lowest BCUT2D eigenvalue weighted by atomic mass is 10.1. The Labute approximate surface area is 265 Å². The Balaban J connectivity index is 0.00000442. The van der Waals surface area contributed by atoms with Gasteiger partial charge in [0.15, 0.2) is 0 Å². The molecule has 2 aromatic carbocycles. The largest absolute Gasteiger partial charge is 0.399 e. The van der Waals surface area contributed by atoms with Gasteiger partial charge in [0.25, 0.3) is 17.4 Å². The number of benzene rings is 2. The van der Waals surface area contributed by atoms with Crippen molar-refractivity contribution >= 4 is 64.2 Å². The Bertz CT molecular complexity index is 1690. The van der Waals surface area contributed by atoms with Gasteiger partial charge in [0, 0.05) is 68.6 Å². The minimum Gasteiger partial charge on any atom is -0.399 e. The number of nitrogens with two attached hydrogens (primary N) is 1. The van der Waals surface area contributed by atoms with Crippen LogP contribution < -0.4 is 27.2 Å². The number of anilines is 3. The Morgan fingerprint density at radius 2 is 1.82 bits per heavy atom. The van der Waals surface area contributed by atoms with E-state index in [4.69, 9.17) is 17.3 Å². The fourth-order valence-electron chi connectivity index (χ4n) is 4.77. The van der Waals surface area contributed by atoms with Crippen LogP contribution in [0.15, 0.2) is 59.5 Å². The number of halogens is 2. The quantitative estimate of drug-likeness (QED) is 0.164. The van der Waals surface area contributed by atoms with Gasteiger partial charge < -0.3 is 31.6 Å². The zero-order valence-electron chi connectivity index (χ0n) is 24.2. The summed E-state index contributed by atoms with van der Waals surface area (Å²) in [6.45, 7) is 6.02. The molecule has 2 aromatic heterocycles. The maximum atomic E-state index is 13.1. The topological polar surface area (TPSA) is 161 Å². The van der Waals surface area contributed by atoms with E-state index in [-0.39, 0.29) is 34.6 Å². The molecule has 4 aromatic rings. The van der Waals surface area contributed by atoms with Crippen molar-refractivity contribution in [2.45, 2.75) is 6.42 Å². The van der Waals surface area contributed by atoms with Crippen LogP contribution in [0, 0.1) is 0 Å². The third-order valence-electron chi connectivity index (χ3n) is 7.36. The summed E-state index contributed by atoms with van der Waals surface area (Å²) < 4.78 is 0. The van der Waals surface area contributed by atoms with E-state index in [1.165, 1.54) is 18.2 Å². The summed E-state index contributed by atoms with van der Waals surface area (Å²) in [6, 6.07) is 13.4. The highest BCUT2D eigenvalue weighted by Gasteiger charge is 2.17. The average Bonchev–Trinajstić information content (AvgIpc) is 2.99. The van der Waals surface area contributed by atoms with Crippen LogP contribution >= 0.6 is 24.0 Å². The number of carbonyl (C=O) groups excluding carboxylic acids is 2. The van der Waals surface area contributed by atoms with Crippen LogP contribution in [0.4, 0.5) is 17.3 Å². The van der Waals surface area contributed by atoms with Crippen LogP contribution in [-0.4, -0.2) is 89.4 Å². The highest BCUT2D eigenvalue weighted by Crippen LogP contribution is 2.24. The van der Waals surface area contributed by atoms with Crippen LogP contribution in [0.2, 0.25) is 5.02 Å². The molecule has 0 saturated carbocycles. The molecule has 0 radical (unpaired) electrons. The molecule has 1 aliphatic heterocycles. The Morgan fingerprint density at radius 1 is 1.05 bits per heavy atom. The number of nitrogens with zero attached hydrogens (tertiary/aromatic N) is 4. The molecule has 0 bridgehead atoms. The number of amides is 2. The number of nitrogens with one attached hydrogen (secondary N) is 4. The number of carbonyl (C=O) groups is 2. The van der Waals surface area contributed by atoms with Gasteiger partial charge >= 0.3 is 0 Å². The number of hydrogen-bond acceptors (Lipinski definition) is 9. The molecule has 0 aliphatic carbocycles. The lowest BCUT2D eigenvalue weighted by Gasteiger charge is -2.32. The number of pyridine rings is 1. The monoisotopic (exact) mass is 639 g/mol. The lowest BCUT2D eigenvalue weighted by molar-refractivity contribution is 0.0952. The lowest BCUT2D eigenvalue weighted by Crippen LogP contribution is -2.45. The molecule has 1 saturated heterocycles. The second kappa shape index (κ2) is 15.0.